The molecule has 0 unspecified atom stereocenters. The number of rotatable bonds is 4. The van der Waals surface area contributed by atoms with Gasteiger partial charge in [0.1, 0.15) is 18.3 Å². The third-order valence-electron chi connectivity index (χ3n) is 4.09. The molecule has 0 bridgehead atoms. The molecule has 4 atom stereocenters. The van der Waals surface area contributed by atoms with Gasteiger partial charge in [0.05, 0.1) is 12.9 Å². The molecule has 1 fully saturated rings. The Labute approximate surface area is 157 Å². The summed E-state index contributed by atoms with van der Waals surface area (Å²) >= 11 is 0.682. The molecule has 15 heteroatoms. The van der Waals surface area contributed by atoms with Gasteiger partial charge in [-0.3, -0.25) is 19.1 Å². The fourth-order valence-electron chi connectivity index (χ4n) is 2.79. The molecule has 0 amide bonds. The van der Waals surface area contributed by atoms with E-state index in [1.165, 1.54) is 4.57 Å². The zero-order valence-electron chi connectivity index (χ0n) is 13.8. The number of aliphatic hydroxyl groups is 3. The van der Waals surface area contributed by atoms with Gasteiger partial charge >= 0.3 is 5.69 Å². The van der Waals surface area contributed by atoms with E-state index in [4.69, 9.17) is 4.74 Å². The van der Waals surface area contributed by atoms with Crippen LogP contribution >= 0.6 is 11.8 Å². The van der Waals surface area contributed by atoms with E-state index in [0.717, 1.165) is 6.33 Å². The number of ether oxygens (including phenoxy) is 1. The number of H-pyrrole nitrogens is 3. The van der Waals surface area contributed by atoms with Gasteiger partial charge in [0.25, 0.3) is 11.1 Å². The minimum absolute atomic E-state index is 0.0147. The second-order valence-electron chi connectivity index (χ2n) is 5.81. The SMILES string of the molecule is O=c1[nH]nc(Sc2nc3c(=O)[nH]cnc3n2[C@H]2O[C@@H](CO)[C@H](O)[C@H]2O)c(=O)[nH]1. The third-order valence-corrected chi connectivity index (χ3v) is 5.03. The average molecular weight is 411 g/mol. The lowest BCUT2D eigenvalue weighted by atomic mass is 10.1. The first-order valence-electron chi connectivity index (χ1n) is 7.85. The first-order chi connectivity index (χ1) is 13.4. The Morgan fingerprint density at radius 3 is 2.68 bits per heavy atom. The van der Waals surface area contributed by atoms with Crippen molar-refractivity contribution in [2.45, 2.75) is 34.7 Å². The maximum Gasteiger partial charge on any atom is 0.342 e. The van der Waals surface area contributed by atoms with E-state index in [0.29, 0.717) is 11.8 Å². The Kier molecular flexibility index (Phi) is 4.60. The predicted octanol–water partition coefficient (Wildman–Crippen LogP) is -3.35. The van der Waals surface area contributed by atoms with Crippen molar-refractivity contribution in [1.29, 1.82) is 0 Å². The lowest BCUT2D eigenvalue weighted by molar-refractivity contribution is -0.0548. The Balaban J connectivity index is 1.88. The highest BCUT2D eigenvalue weighted by Crippen LogP contribution is 2.35. The summed E-state index contributed by atoms with van der Waals surface area (Å²) < 4.78 is 6.71. The van der Waals surface area contributed by atoms with E-state index in [-0.39, 0.29) is 21.3 Å². The number of nitrogens with one attached hydrogen (secondary N) is 3. The van der Waals surface area contributed by atoms with Crippen LogP contribution in [0.5, 0.6) is 0 Å². The first-order valence-corrected chi connectivity index (χ1v) is 8.67. The van der Waals surface area contributed by atoms with Crippen LogP contribution in [0, 0.1) is 0 Å². The average Bonchev–Trinajstić information content (AvgIpc) is 3.16. The molecule has 4 heterocycles. The van der Waals surface area contributed by atoms with E-state index in [1.54, 1.807) is 0 Å². The zero-order valence-corrected chi connectivity index (χ0v) is 14.6. The number of hydrogen-bond acceptors (Lipinski definition) is 11. The van der Waals surface area contributed by atoms with Crippen molar-refractivity contribution < 1.29 is 20.1 Å². The highest BCUT2D eigenvalue weighted by atomic mass is 32.2. The fraction of sp³-hybridized carbons (Fsp3) is 0.385. The standard InChI is InChI=1S/C13H13N7O7S/c21-1-3-5(22)6(23)11(27-3)20-7-4(8(24)15-2-14-7)16-13(20)28-10-9(25)17-12(26)19-18-10/h2-3,5-6,11,21-23H,1H2,(H,14,15,24)(H2,17,19,25,26)/t3-,5-,6+,11-/m0/s1. The molecule has 14 nitrogen and oxygen atoms in total. The lowest BCUT2D eigenvalue weighted by Crippen LogP contribution is -2.33. The van der Waals surface area contributed by atoms with Crippen molar-refractivity contribution in [3.8, 4) is 0 Å². The van der Waals surface area contributed by atoms with Crippen molar-refractivity contribution in [3.05, 3.63) is 37.5 Å². The van der Waals surface area contributed by atoms with E-state index in [9.17, 15) is 29.7 Å². The molecule has 0 spiro atoms. The molecule has 1 saturated heterocycles. The van der Waals surface area contributed by atoms with Crippen LogP contribution in [0.4, 0.5) is 0 Å². The molecule has 6 N–H and O–H groups in total. The molecule has 0 radical (unpaired) electrons. The molecular formula is C13H13N7O7S. The van der Waals surface area contributed by atoms with E-state index < -0.39 is 48.0 Å². The van der Waals surface area contributed by atoms with Crippen LogP contribution in [0.1, 0.15) is 6.23 Å². The van der Waals surface area contributed by atoms with E-state index in [1.807, 2.05) is 4.98 Å². The molecule has 3 aromatic rings. The van der Waals surface area contributed by atoms with Gasteiger partial charge in [0.2, 0.25) is 0 Å². The van der Waals surface area contributed by atoms with Crippen LogP contribution in [0.2, 0.25) is 0 Å². The number of nitrogens with zero attached hydrogens (tertiary/aromatic N) is 4. The third kappa shape index (κ3) is 2.94. The summed E-state index contributed by atoms with van der Waals surface area (Å²) in [6.07, 6.45) is -4.09. The van der Waals surface area contributed by atoms with Gasteiger partial charge in [0, 0.05) is 0 Å². The van der Waals surface area contributed by atoms with Gasteiger partial charge in [-0.15, -0.1) is 0 Å². The lowest BCUT2D eigenvalue weighted by Gasteiger charge is -2.18. The highest BCUT2D eigenvalue weighted by Gasteiger charge is 2.45. The molecule has 1 aliphatic heterocycles. The molecule has 4 rings (SSSR count). The zero-order chi connectivity index (χ0) is 20.0. The minimum atomic E-state index is -1.48. The van der Waals surface area contributed by atoms with Gasteiger partial charge in [-0.1, -0.05) is 0 Å². The van der Waals surface area contributed by atoms with E-state index in [2.05, 4.69) is 25.1 Å². The molecule has 148 valence electrons. The summed E-state index contributed by atoms with van der Waals surface area (Å²) in [7, 11) is 0. The number of imidazole rings is 1. The second kappa shape index (κ2) is 6.95. The largest absolute Gasteiger partial charge is 0.394 e. The first kappa shape index (κ1) is 18.5. The fourth-order valence-corrected chi connectivity index (χ4v) is 3.62. The van der Waals surface area contributed by atoms with Crippen molar-refractivity contribution >= 4 is 22.9 Å². The molecule has 0 aromatic carbocycles. The maximum absolute atomic E-state index is 12.1. The molecule has 28 heavy (non-hydrogen) atoms. The molecular weight excluding hydrogens is 398 g/mol. The van der Waals surface area contributed by atoms with Crippen molar-refractivity contribution in [1.82, 2.24) is 34.7 Å². The summed E-state index contributed by atoms with van der Waals surface area (Å²) in [6, 6.07) is 0. The number of fused-ring (bicyclic) bond motifs is 1. The number of aromatic nitrogens is 7. The summed E-state index contributed by atoms with van der Waals surface area (Å²) in [4.78, 5) is 47.7. The summed E-state index contributed by atoms with van der Waals surface area (Å²) in [5.74, 6) is 0. The monoisotopic (exact) mass is 411 g/mol. The normalized spacial score (nSPS) is 24.8. The number of aromatic amines is 3. The van der Waals surface area contributed by atoms with Gasteiger partial charge in [-0.25, -0.2) is 19.9 Å². The quantitative estimate of drug-likeness (QED) is 0.249. The van der Waals surface area contributed by atoms with Crippen molar-refractivity contribution in [2.24, 2.45) is 0 Å². The van der Waals surface area contributed by atoms with Gasteiger partial charge in [-0.2, -0.15) is 5.10 Å². The van der Waals surface area contributed by atoms with Crippen molar-refractivity contribution in [2.75, 3.05) is 6.61 Å². The molecule has 0 aliphatic carbocycles. The summed E-state index contributed by atoms with van der Waals surface area (Å²) in [5, 5.41) is 35.2. The van der Waals surface area contributed by atoms with Crippen LogP contribution in [-0.2, 0) is 4.74 Å². The van der Waals surface area contributed by atoms with Gasteiger partial charge in [0.15, 0.2) is 27.6 Å². The minimum Gasteiger partial charge on any atom is -0.394 e. The molecule has 1 aliphatic rings. The maximum atomic E-state index is 12.1. The topological polar surface area (TPSA) is 212 Å². The Morgan fingerprint density at radius 2 is 2.00 bits per heavy atom. The van der Waals surface area contributed by atoms with E-state index >= 15 is 0 Å². The number of aliphatic hydroxyl groups excluding tert-OH is 3. The van der Waals surface area contributed by atoms with Crippen LogP contribution in [0.15, 0.2) is 30.9 Å². The number of hydrogen-bond donors (Lipinski definition) is 6. The van der Waals surface area contributed by atoms with Crippen LogP contribution in [-0.4, -0.2) is 74.9 Å². The Bertz CT molecular complexity index is 1200. The summed E-state index contributed by atoms with van der Waals surface area (Å²) in [6.45, 7) is -0.557. The van der Waals surface area contributed by atoms with Gasteiger partial charge in [-0.05, 0) is 11.8 Å². The predicted molar refractivity (Wildman–Crippen MR) is 90.8 cm³/mol. The second-order valence-corrected chi connectivity index (χ2v) is 6.77. The summed E-state index contributed by atoms with van der Waals surface area (Å²) in [5.41, 5.74) is -2.27. The molecule has 3 aromatic heterocycles. The van der Waals surface area contributed by atoms with Crippen LogP contribution < -0.4 is 16.8 Å². The van der Waals surface area contributed by atoms with Gasteiger partial charge < -0.3 is 25.0 Å². The van der Waals surface area contributed by atoms with Crippen LogP contribution in [0.25, 0.3) is 11.2 Å². The smallest absolute Gasteiger partial charge is 0.342 e. The molecule has 0 saturated carbocycles. The van der Waals surface area contributed by atoms with Crippen LogP contribution in [0.3, 0.4) is 0 Å². The Hall–Kier alpha value is -2.85. The van der Waals surface area contributed by atoms with Crippen molar-refractivity contribution in [3.63, 3.8) is 0 Å². The highest BCUT2D eigenvalue weighted by molar-refractivity contribution is 7.99. The Morgan fingerprint density at radius 1 is 1.21 bits per heavy atom.